The summed E-state index contributed by atoms with van der Waals surface area (Å²) in [5, 5.41) is 0. The Labute approximate surface area is 105 Å². The summed E-state index contributed by atoms with van der Waals surface area (Å²) in [7, 11) is 1.62. The van der Waals surface area contributed by atoms with Crippen molar-refractivity contribution in [2.75, 3.05) is 20.3 Å². The molecule has 1 amide bonds. The molecule has 0 aliphatic carbocycles. The van der Waals surface area contributed by atoms with Gasteiger partial charge >= 0.3 is 0 Å². The molecule has 0 aromatic heterocycles. The molecule has 0 aliphatic rings. The highest BCUT2D eigenvalue weighted by molar-refractivity contribution is 5.81. The summed E-state index contributed by atoms with van der Waals surface area (Å²) >= 11 is 0. The quantitative estimate of drug-likeness (QED) is 0.629. The van der Waals surface area contributed by atoms with E-state index in [-0.39, 0.29) is 11.9 Å². The van der Waals surface area contributed by atoms with Gasteiger partial charge in [-0.2, -0.15) is 0 Å². The van der Waals surface area contributed by atoms with E-state index in [2.05, 4.69) is 6.92 Å². The first-order chi connectivity index (χ1) is 8.04. The number of nitrogens with two attached hydrogens (primary N) is 1. The Morgan fingerprint density at radius 3 is 2.47 bits per heavy atom. The van der Waals surface area contributed by atoms with E-state index >= 15 is 0 Å². The van der Waals surface area contributed by atoms with E-state index < -0.39 is 6.04 Å². The number of hydrogen-bond donors (Lipinski definition) is 1. The number of carbonyl (C=O) groups is 1. The van der Waals surface area contributed by atoms with E-state index in [1.807, 2.05) is 18.7 Å². The fourth-order valence-electron chi connectivity index (χ4n) is 1.74. The minimum Gasteiger partial charge on any atom is -0.385 e. The van der Waals surface area contributed by atoms with Crippen LogP contribution in [0.5, 0.6) is 0 Å². The molecule has 0 radical (unpaired) electrons. The normalized spacial score (nSPS) is 12.8. The number of unbranched alkanes of at least 4 members (excludes halogenated alkanes) is 2. The number of amides is 1. The molecule has 4 nitrogen and oxygen atoms in total. The summed E-state index contributed by atoms with van der Waals surface area (Å²) in [6.07, 6.45) is 3.96. The zero-order valence-electron chi connectivity index (χ0n) is 11.7. The van der Waals surface area contributed by atoms with Crippen molar-refractivity contribution in [3.63, 3.8) is 0 Å². The van der Waals surface area contributed by atoms with E-state index in [4.69, 9.17) is 10.5 Å². The Balaban J connectivity index is 4.22. The SMILES string of the molecule is CCCCCN(C(=O)C(N)CCOC)C(C)C. The number of hydrogen-bond acceptors (Lipinski definition) is 3. The van der Waals surface area contributed by atoms with Gasteiger partial charge < -0.3 is 15.4 Å². The molecule has 0 aliphatic heterocycles. The highest BCUT2D eigenvalue weighted by Crippen LogP contribution is 2.07. The zero-order valence-corrected chi connectivity index (χ0v) is 11.7. The average Bonchev–Trinajstić information content (AvgIpc) is 2.30. The van der Waals surface area contributed by atoms with Gasteiger partial charge in [0.2, 0.25) is 5.91 Å². The average molecular weight is 244 g/mol. The summed E-state index contributed by atoms with van der Waals surface area (Å²) in [4.78, 5) is 14.0. The van der Waals surface area contributed by atoms with Crippen LogP contribution >= 0.6 is 0 Å². The standard InChI is InChI=1S/C13H28N2O2/c1-5-6-7-9-15(11(2)3)13(16)12(14)8-10-17-4/h11-12H,5-10,14H2,1-4H3. The van der Waals surface area contributed by atoms with Crippen LogP contribution in [0, 0.1) is 0 Å². The van der Waals surface area contributed by atoms with E-state index in [1.165, 1.54) is 0 Å². The minimum atomic E-state index is -0.432. The van der Waals surface area contributed by atoms with Gasteiger partial charge in [0.15, 0.2) is 0 Å². The smallest absolute Gasteiger partial charge is 0.239 e. The molecule has 0 rings (SSSR count). The highest BCUT2D eigenvalue weighted by Gasteiger charge is 2.22. The maximum absolute atomic E-state index is 12.1. The Hall–Kier alpha value is -0.610. The van der Waals surface area contributed by atoms with Crippen molar-refractivity contribution in [2.45, 2.75) is 58.5 Å². The molecule has 0 fully saturated rings. The van der Waals surface area contributed by atoms with Crippen molar-refractivity contribution in [2.24, 2.45) is 5.73 Å². The van der Waals surface area contributed by atoms with E-state index in [1.54, 1.807) is 7.11 Å². The first kappa shape index (κ1) is 16.4. The Morgan fingerprint density at radius 2 is 2.00 bits per heavy atom. The number of ether oxygens (including phenoxy) is 1. The Morgan fingerprint density at radius 1 is 1.35 bits per heavy atom. The van der Waals surface area contributed by atoms with Gasteiger partial charge in [0.25, 0.3) is 0 Å². The van der Waals surface area contributed by atoms with Crippen molar-refractivity contribution in [3.8, 4) is 0 Å². The first-order valence-corrected chi connectivity index (χ1v) is 6.59. The zero-order chi connectivity index (χ0) is 13.3. The maximum Gasteiger partial charge on any atom is 0.239 e. The van der Waals surface area contributed by atoms with Gasteiger partial charge in [-0.15, -0.1) is 0 Å². The van der Waals surface area contributed by atoms with Gasteiger partial charge in [0.1, 0.15) is 0 Å². The topological polar surface area (TPSA) is 55.6 Å². The van der Waals surface area contributed by atoms with Crippen LogP contribution in [0.3, 0.4) is 0 Å². The number of carbonyl (C=O) groups excluding carboxylic acids is 1. The lowest BCUT2D eigenvalue weighted by Gasteiger charge is -2.29. The molecule has 0 saturated heterocycles. The lowest BCUT2D eigenvalue weighted by Crippen LogP contribution is -2.47. The van der Waals surface area contributed by atoms with E-state index in [9.17, 15) is 4.79 Å². The fraction of sp³-hybridized carbons (Fsp3) is 0.923. The second-order valence-corrected chi connectivity index (χ2v) is 4.72. The molecular formula is C13H28N2O2. The first-order valence-electron chi connectivity index (χ1n) is 6.59. The molecule has 2 N–H and O–H groups in total. The molecule has 1 unspecified atom stereocenters. The van der Waals surface area contributed by atoms with Gasteiger partial charge in [0.05, 0.1) is 6.04 Å². The molecule has 4 heteroatoms. The third kappa shape index (κ3) is 6.64. The molecule has 0 spiro atoms. The summed E-state index contributed by atoms with van der Waals surface area (Å²) < 4.78 is 4.95. The predicted molar refractivity (Wildman–Crippen MR) is 70.8 cm³/mol. The Kier molecular flexibility index (Phi) is 9.09. The second kappa shape index (κ2) is 9.42. The lowest BCUT2D eigenvalue weighted by molar-refractivity contribution is -0.134. The van der Waals surface area contributed by atoms with Crippen LogP contribution in [0.15, 0.2) is 0 Å². The molecule has 0 aromatic carbocycles. The van der Waals surface area contributed by atoms with Crippen LogP contribution < -0.4 is 5.73 Å². The Bertz CT molecular complexity index is 208. The van der Waals surface area contributed by atoms with Gasteiger partial charge in [-0.3, -0.25) is 4.79 Å². The highest BCUT2D eigenvalue weighted by atomic mass is 16.5. The van der Waals surface area contributed by atoms with Crippen LogP contribution in [-0.2, 0) is 9.53 Å². The van der Waals surface area contributed by atoms with Crippen molar-refractivity contribution in [3.05, 3.63) is 0 Å². The predicted octanol–water partition coefficient (Wildman–Crippen LogP) is 1.78. The van der Waals surface area contributed by atoms with Crippen molar-refractivity contribution in [1.29, 1.82) is 0 Å². The fourth-order valence-corrected chi connectivity index (χ4v) is 1.74. The molecule has 0 aromatic rings. The third-order valence-corrected chi connectivity index (χ3v) is 2.86. The summed E-state index contributed by atoms with van der Waals surface area (Å²) in [5.74, 6) is 0.0492. The summed E-state index contributed by atoms with van der Waals surface area (Å²) in [6, 6.07) is -0.216. The van der Waals surface area contributed by atoms with Gasteiger partial charge in [-0.05, 0) is 26.7 Å². The van der Waals surface area contributed by atoms with Crippen LogP contribution in [0.2, 0.25) is 0 Å². The second-order valence-electron chi connectivity index (χ2n) is 4.72. The van der Waals surface area contributed by atoms with Crippen LogP contribution in [0.25, 0.3) is 0 Å². The minimum absolute atomic E-state index is 0.0492. The lowest BCUT2D eigenvalue weighted by atomic mass is 10.1. The number of methoxy groups -OCH3 is 1. The van der Waals surface area contributed by atoms with Crippen LogP contribution in [0.4, 0.5) is 0 Å². The summed E-state index contributed by atoms with van der Waals surface area (Å²) in [6.45, 7) is 7.57. The van der Waals surface area contributed by atoms with Crippen LogP contribution in [0.1, 0.15) is 46.5 Å². The maximum atomic E-state index is 12.1. The number of rotatable bonds is 9. The molecule has 0 bridgehead atoms. The molecular weight excluding hydrogens is 216 g/mol. The van der Waals surface area contributed by atoms with Crippen LogP contribution in [-0.4, -0.2) is 43.2 Å². The molecule has 0 heterocycles. The van der Waals surface area contributed by atoms with Crippen molar-refractivity contribution < 1.29 is 9.53 Å². The van der Waals surface area contributed by atoms with Gasteiger partial charge in [0, 0.05) is 26.3 Å². The van der Waals surface area contributed by atoms with E-state index in [0.29, 0.717) is 13.0 Å². The van der Waals surface area contributed by atoms with Crippen molar-refractivity contribution >= 4 is 5.91 Å². The third-order valence-electron chi connectivity index (χ3n) is 2.86. The summed E-state index contributed by atoms with van der Waals surface area (Å²) in [5.41, 5.74) is 5.88. The molecule has 102 valence electrons. The molecule has 17 heavy (non-hydrogen) atoms. The number of nitrogens with zero attached hydrogens (tertiary/aromatic N) is 1. The largest absolute Gasteiger partial charge is 0.385 e. The van der Waals surface area contributed by atoms with Crippen molar-refractivity contribution in [1.82, 2.24) is 4.90 Å². The van der Waals surface area contributed by atoms with Gasteiger partial charge in [-0.1, -0.05) is 19.8 Å². The van der Waals surface area contributed by atoms with Gasteiger partial charge in [-0.25, -0.2) is 0 Å². The molecule has 0 saturated carbocycles. The van der Waals surface area contributed by atoms with E-state index in [0.717, 1.165) is 25.8 Å². The monoisotopic (exact) mass is 244 g/mol. The molecule has 1 atom stereocenters.